The Balaban J connectivity index is 2.07. The van der Waals surface area contributed by atoms with E-state index in [1.807, 2.05) is 25.1 Å². The van der Waals surface area contributed by atoms with Gasteiger partial charge in [-0.1, -0.05) is 6.07 Å². The molecule has 0 spiro atoms. The number of hydrogen-bond acceptors (Lipinski definition) is 4. The topological polar surface area (TPSA) is 74.6 Å². The third kappa shape index (κ3) is 2.81. The van der Waals surface area contributed by atoms with Crippen LogP contribution in [-0.4, -0.2) is 21.8 Å². The van der Waals surface area contributed by atoms with Crippen molar-refractivity contribution in [1.82, 2.24) is 4.98 Å². The summed E-state index contributed by atoms with van der Waals surface area (Å²) in [4.78, 5) is 15.2. The first-order valence-electron chi connectivity index (χ1n) is 5.66. The molecule has 5 nitrogen and oxygen atoms in total. The van der Waals surface area contributed by atoms with Crippen molar-refractivity contribution in [1.29, 1.82) is 0 Å². The third-order valence-corrected chi connectivity index (χ3v) is 2.83. The van der Waals surface area contributed by atoms with Gasteiger partial charge in [0.25, 0.3) is 0 Å². The summed E-state index contributed by atoms with van der Waals surface area (Å²) in [5, 5.41) is 13.2. The van der Waals surface area contributed by atoms with E-state index < -0.39 is 11.9 Å². The minimum Gasteiger partial charge on any atom is -0.481 e. The number of hydrazone groups is 1. The largest absolute Gasteiger partial charge is 0.481 e. The van der Waals surface area contributed by atoms with E-state index in [2.05, 4.69) is 15.5 Å². The maximum atomic E-state index is 11.0. The van der Waals surface area contributed by atoms with Gasteiger partial charge < -0.3 is 5.11 Å². The zero-order valence-electron chi connectivity index (χ0n) is 9.68. The quantitative estimate of drug-likeness (QED) is 0.783. The van der Waals surface area contributed by atoms with Crippen LogP contribution in [0.4, 0.5) is 5.82 Å². The first-order chi connectivity index (χ1) is 8.16. The minimum absolute atomic E-state index is 0.438. The first kappa shape index (κ1) is 11.6. The number of hydrogen-bond donors (Lipinski definition) is 2. The summed E-state index contributed by atoms with van der Waals surface area (Å²) in [6.45, 7) is 1.90. The van der Waals surface area contributed by atoms with Crippen LogP contribution in [0, 0.1) is 12.8 Å². The number of aromatic nitrogens is 1. The van der Waals surface area contributed by atoms with E-state index in [0.717, 1.165) is 18.5 Å². The number of carboxylic acids is 1. The fourth-order valence-electron chi connectivity index (χ4n) is 1.96. The van der Waals surface area contributed by atoms with Crippen molar-refractivity contribution >= 4 is 17.5 Å². The highest BCUT2D eigenvalue weighted by Crippen LogP contribution is 2.23. The molecule has 0 radical (unpaired) electrons. The maximum Gasteiger partial charge on any atom is 0.312 e. The molecule has 5 heteroatoms. The first-order valence-corrected chi connectivity index (χ1v) is 5.66. The molecule has 1 fully saturated rings. The van der Waals surface area contributed by atoms with Crippen molar-refractivity contribution in [3.63, 3.8) is 0 Å². The van der Waals surface area contributed by atoms with Crippen LogP contribution in [0.25, 0.3) is 0 Å². The molecule has 0 amide bonds. The van der Waals surface area contributed by atoms with E-state index in [-0.39, 0.29) is 0 Å². The molecule has 2 N–H and O–H groups in total. The van der Waals surface area contributed by atoms with Crippen LogP contribution < -0.4 is 5.43 Å². The lowest BCUT2D eigenvalue weighted by atomic mass is 10.1. The molecule has 0 bridgehead atoms. The number of aryl methyl sites for hydroxylation is 1. The van der Waals surface area contributed by atoms with Crippen molar-refractivity contribution in [2.24, 2.45) is 11.0 Å². The minimum atomic E-state index is -0.791. The lowest BCUT2D eigenvalue weighted by Gasteiger charge is -2.06. The molecule has 2 rings (SSSR count). The van der Waals surface area contributed by atoms with Gasteiger partial charge in [0.1, 0.15) is 5.82 Å². The molecule has 1 aliphatic carbocycles. The predicted octanol–water partition coefficient (Wildman–Crippen LogP) is 2.04. The van der Waals surface area contributed by atoms with Gasteiger partial charge in [0.05, 0.1) is 11.6 Å². The number of carboxylic acid groups (broad SMARTS) is 1. The van der Waals surface area contributed by atoms with Crippen molar-refractivity contribution in [3.05, 3.63) is 23.9 Å². The van der Waals surface area contributed by atoms with E-state index in [0.29, 0.717) is 18.0 Å². The number of nitrogens with zero attached hydrogens (tertiary/aromatic N) is 2. The van der Waals surface area contributed by atoms with Crippen LogP contribution in [0.5, 0.6) is 0 Å². The summed E-state index contributed by atoms with van der Waals surface area (Å²) in [7, 11) is 0. The van der Waals surface area contributed by atoms with Gasteiger partial charge >= 0.3 is 5.97 Å². The Bertz CT molecular complexity index is 457. The molecular formula is C12H15N3O2. The summed E-state index contributed by atoms with van der Waals surface area (Å²) in [6.07, 6.45) is 2.31. The number of pyridine rings is 1. The highest BCUT2D eigenvalue weighted by atomic mass is 16.4. The number of nitrogens with one attached hydrogen (secondary N) is 1. The zero-order chi connectivity index (χ0) is 12.3. The Morgan fingerprint density at radius 1 is 1.59 bits per heavy atom. The Morgan fingerprint density at radius 3 is 3.12 bits per heavy atom. The van der Waals surface area contributed by atoms with Crippen LogP contribution in [0.1, 0.15) is 25.0 Å². The molecule has 0 aliphatic heterocycles. The molecule has 1 aliphatic rings. The van der Waals surface area contributed by atoms with Gasteiger partial charge in [0.2, 0.25) is 0 Å². The van der Waals surface area contributed by atoms with Gasteiger partial charge in [-0.3, -0.25) is 10.2 Å². The van der Waals surface area contributed by atoms with Gasteiger partial charge in [-0.15, -0.1) is 0 Å². The molecule has 0 saturated heterocycles. The van der Waals surface area contributed by atoms with Crippen molar-refractivity contribution in [2.75, 3.05) is 5.43 Å². The maximum absolute atomic E-state index is 11.0. The number of rotatable bonds is 3. The second-order valence-electron chi connectivity index (χ2n) is 4.16. The summed E-state index contributed by atoms with van der Waals surface area (Å²) < 4.78 is 0. The lowest BCUT2D eigenvalue weighted by Crippen LogP contribution is -2.19. The molecule has 90 valence electrons. The number of aliphatic carboxylic acids is 1. The fraction of sp³-hybridized carbons (Fsp3) is 0.417. The zero-order valence-corrected chi connectivity index (χ0v) is 9.68. The van der Waals surface area contributed by atoms with Crippen LogP contribution in [0.15, 0.2) is 23.3 Å². The third-order valence-electron chi connectivity index (χ3n) is 2.83. The smallest absolute Gasteiger partial charge is 0.312 e. The van der Waals surface area contributed by atoms with Crippen LogP contribution in [0.3, 0.4) is 0 Å². The number of anilines is 1. The molecule has 1 aromatic heterocycles. The Hall–Kier alpha value is -1.91. The summed E-state index contributed by atoms with van der Waals surface area (Å²) in [5.74, 6) is -0.582. The molecular weight excluding hydrogens is 218 g/mol. The highest BCUT2D eigenvalue weighted by molar-refractivity contribution is 6.03. The lowest BCUT2D eigenvalue weighted by molar-refractivity contribution is -0.139. The molecule has 1 aromatic rings. The summed E-state index contributed by atoms with van der Waals surface area (Å²) in [6, 6.07) is 5.59. The van der Waals surface area contributed by atoms with E-state index in [1.54, 1.807) is 0 Å². The van der Waals surface area contributed by atoms with E-state index in [9.17, 15) is 4.79 Å². The second-order valence-corrected chi connectivity index (χ2v) is 4.16. The second kappa shape index (κ2) is 4.95. The molecule has 1 heterocycles. The van der Waals surface area contributed by atoms with Gasteiger partial charge in [-0.05, 0) is 38.3 Å². The van der Waals surface area contributed by atoms with E-state index in [4.69, 9.17) is 5.11 Å². The van der Waals surface area contributed by atoms with Gasteiger partial charge in [-0.25, -0.2) is 4.98 Å². The van der Waals surface area contributed by atoms with Crippen molar-refractivity contribution in [2.45, 2.75) is 26.2 Å². The molecule has 1 atom stereocenters. The van der Waals surface area contributed by atoms with Crippen LogP contribution >= 0.6 is 0 Å². The molecule has 17 heavy (non-hydrogen) atoms. The average molecular weight is 233 g/mol. The van der Waals surface area contributed by atoms with Gasteiger partial charge in [-0.2, -0.15) is 5.10 Å². The van der Waals surface area contributed by atoms with E-state index >= 15 is 0 Å². The van der Waals surface area contributed by atoms with Crippen LogP contribution in [-0.2, 0) is 4.79 Å². The highest BCUT2D eigenvalue weighted by Gasteiger charge is 2.28. The summed E-state index contributed by atoms with van der Waals surface area (Å²) in [5.41, 5.74) is 4.43. The monoisotopic (exact) mass is 233 g/mol. The standard InChI is InChI=1S/C12H15N3O2/c1-8-4-2-7-11(13-8)15-14-10-6-3-5-9(10)12(16)17/h2,4,7,9H,3,5-6H2,1H3,(H,13,15)(H,16,17). The SMILES string of the molecule is Cc1cccc(NN=C2CCCC2C(=O)O)n1. The fourth-order valence-corrected chi connectivity index (χ4v) is 1.96. The van der Waals surface area contributed by atoms with E-state index in [1.165, 1.54) is 0 Å². The molecule has 1 unspecified atom stereocenters. The Morgan fingerprint density at radius 2 is 2.41 bits per heavy atom. The summed E-state index contributed by atoms with van der Waals surface area (Å²) >= 11 is 0. The predicted molar refractivity (Wildman–Crippen MR) is 65.0 cm³/mol. The molecule has 1 saturated carbocycles. The Labute approximate surface area is 99.6 Å². The molecule has 0 aromatic carbocycles. The number of carbonyl (C=O) groups is 1. The van der Waals surface area contributed by atoms with Gasteiger partial charge in [0.15, 0.2) is 0 Å². The normalized spacial score (nSPS) is 21.7. The Kier molecular flexibility index (Phi) is 3.37. The van der Waals surface area contributed by atoms with Gasteiger partial charge in [0, 0.05) is 5.69 Å². The van der Waals surface area contributed by atoms with Crippen molar-refractivity contribution < 1.29 is 9.90 Å². The van der Waals surface area contributed by atoms with Crippen LogP contribution in [0.2, 0.25) is 0 Å². The van der Waals surface area contributed by atoms with Crippen molar-refractivity contribution in [3.8, 4) is 0 Å². The average Bonchev–Trinajstić information content (AvgIpc) is 2.74.